The average Bonchev–Trinajstić information content (AvgIpc) is 2.74. The molecule has 0 bridgehead atoms. The maximum absolute atomic E-state index is 11.4. The molecule has 1 aliphatic rings. The zero-order valence-electron chi connectivity index (χ0n) is 15.8. The third kappa shape index (κ3) is 4.06. The van der Waals surface area contributed by atoms with E-state index in [0.29, 0.717) is 5.95 Å². The zero-order valence-corrected chi connectivity index (χ0v) is 15.8. The number of nitrogens with one attached hydrogen (secondary N) is 1. The van der Waals surface area contributed by atoms with Crippen molar-refractivity contribution >= 4 is 28.6 Å². The van der Waals surface area contributed by atoms with Crippen molar-refractivity contribution in [3.05, 3.63) is 60.2 Å². The number of rotatable bonds is 6. The van der Waals surface area contributed by atoms with Crippen LogP contribution in [-0.4, -0.2) is 35.5 Å². The highest BCUT2D eigenvalue weighted by Gasteiger charge is 2.25. The first kappa shape index (κ1) is 18.2. The Kier molecular flexibility index (Phi) is 5.37. The fourth-order valence-corrected chi connectivity index (χ4v) is 3.67. The minimum atomic E-state index is -0.206. The van der Waals surface area contributed by atoms with Crippen molar-refractivity contribution in [1.82, 2.24) is 9.97 Å². The van der Waals surface area contributed by atoms with E-state index in [1.54, 1.807) is 0 Å². The lowest BCUT2D eigenvalue weighted by Gasteiger charge is -2.31. The molecule has 28 heavy (non-hydrogen) atoms. The summed E-state index contributed by atoms with van der Waals surface area (Å²) in [7, 11) is 0. The molecule has 1 amide bonds. The van der Waals surface area contributed by atoms with Crippen LogP contribution in [-0.2, 0) is 11.2 Å². The van der Waals surface area contributed by atoms with Crippen LogP contribution in [0.1, 0.15) is 18.4 Å². The zero-order chi connectivity index (χ0) is 19.3. The first-order valence-corrected chi connectivity index (χ1v) is 9.79. The smallest absolute Gasteiger partial charge is 0.227 e. The highest BCUT2D eigenvalue weighted by atomic mass is 16.1. The van der Waals surface area contributed by atoms with Gasteiger partial charge in [-0.2, -0.15) is 4.98 Å². The highest BCUT2D eigenvalue weighted by molar-refractivity contribution is 5.90. The van der Waals surface area contributed by atoms with Gasteiger partial charge in [0.1, 0.15) is 5.82 Å². The van der Waals surface area contributed by atoms with Gasteiger partial charge in [-0.05, 0) is 37.0 Å². The van der Waals surface area contributed by atoms with Crippen LogP contribution in [0, 0.1) is 5.92 Å². The largest absolute Gasteiger partial charge is 0.369 e. The van der Waals surface area contributed by atoms with Crippen LogP contribution in [0.4, 0.5) is 11.8 Å². The number of piperidine rings is 1. The number of fused-ring (bicyclic) bond motifs is 1. The van der Waals surface area contributed by atoms with Crippen LogP contribution >= 0.6 is 0 Å². The van der Waals surface area contributed by atoms with Gasteiger partial charge in [-0.25, -0.2) is 4.98 Å². The summed E-state index contributed by atoms with van der Waals surface area (Å²) in [5, 5.41) is 4.51. The first-order valence-electron chi connectivity index (χ1n) is 9.79. The number of anilines is 2. The van der Waals surface area contributed by atoms with Crippen LogP contribution in [0.5, 0.6) is 0 Å². The molecular weight excluding hydrogens is 350 g/mol. The predicted molar refractivity (Wildman–Crippen MR) is 112 cm³/mol. The molecular formula is C22H25N5O. The molecule has 144 valence electrons. The van der Waals surface area contributed by atoms with Crippen LogP contribution in [0.15, 0.2) is 54.6 Å². The summed E-state index contributed by atoms with van der Waals surface area (Å²) < 4.78 is 0. The number of benzene rings is 2. The van der Waals surface area contributed by atoms with Crippen LogP contribution < -0.4 is 16.0 Å². The van der Waals surface area contributed by atoms with Gasteiger partial charge in [-0.1, -0.05) is 42.5 Å². The number of nitrogens with two attached hydrogens (primary N) is 1. The van der Waals surface area contributed by atoms with Crippen molar-refractivity contribution in [3.63, 3.8) is 0 Å². The molecule has 0 spiro atoms. The van der Waals surface area contributed by atoms with E-state index in [1.807, 2.05) is 30.3 Å². The summed E-state index contributed by atoms with van der Waals surface area (Å²) in [6, 6.07) is 18.5. The van der Waals surface area contributed by atoms with Gasteiger partial charge >= 0.3 is 0 Å². The van der Waals surface area contributed by atoms with Gasteiger partial charge in [0, 0.05) is 30.9 Å². The lowest BCUT2D eigenvalue weighted by atomic mass is 9.96. The molecule has 2 aromatic carbocycles. The summed E-state index contributed by atoms with van der Waals surface area (Å²) in [6.07, 6.45) is 2.43. The van der Waals surface area contributed by atoms with E-state index in [2.05, 4.69) is 34.5 Å². The van der Waals surface area contributed by atoms with E-state index in [-0.39, 0.29) is 11.8 Å². The molecule has 0 radical (unpaired) electrons. The Morgan fingerprint density at radius 2 is 1.75 bits per heavy atom. The Balaban J connectivity index is 1.53. The highest BCUT2D eigenvalue weighted by Crippen LogP contribution is 2.26. The van der Waals surface area contributed by atoms with Gasteiger partial charge in [0.05, 0.1) is 5.52 Å². The maximum atomic E-state index is 11.4. The molecule has 0 atom stereocenters. The minimum Gasteiger partial charge on any atom is -0.369 e. The van der Waals surface area contributed by atoms with Gasteiger partial charge in [-0.3, -0.25) is 4.79 Å². The Morgan fingerprint density at radius 1 is 1.04 bits per heavy atom. The van der Waals surface area contributed by atoms with E-state index >= 15 is 0 Å². The van der Waals surface area contributed by atoms with Gasteiger partial charge in [0.2, 0.25) is 11.9 Å². The number of primary amides is 1. The van der Waals surface area contributed by atoms with Crippen molar-refractivity contribution < 1.29 is 4.79 Å². The molecule has 3 aromatic rings. The maximum Gasteiger partial charge on any atom is 0.227 e. The standard InChI is InChI=1S/C22H25N5O/c23-20(28)17-11-14-27(15-12-17)22-25-19-9-5-4-8-18(19)21(26-22)24-13-10-16-6-2-1-3-7-16/h1-9,17H,10-15H2,(H2,23,28)(H,24,25,26). The molecule has 2 heterocycles. The molecule has 1 aromatic heterocycles. The molecule has 1 saturated heterocycles. The number of amides is 1. The van der Waals surface area contributed by atoms with Gasteiger partial charge in [0.25, 0.3) is 0 Å². The molecule has 4 rings (SSSR count). The fourth-order valence-electron chi connectivity index (χ4n) is 3.67. The third-order valence-corrected chi connectivity index (χ3v) is 5.32. The Labute approximate surface area is 164 Å². The number of carbonyl (C=O) groups excluding carboxylic acids is 1. The van der Waals surface area contributed by atoms with E-state index in [4.69, 9.17) is 15.7 Å². The van der Waals surface area contributed by atoms with E-state index < -0.39 is 0 Å². The third-order valence-electron chi connectivity index (χ3n) is 5.32. The van der Waals surface area contributed by atoms with Crippen molar-refractivity contribution in [1.29, 1.82) is 0 Å². The molecule has 0 aliphatic carbocycles. The van der Waals surface area contributed by atoms with Crippen molar-refractivity contribution in [2.75, 3.05) is 29.9 Å². The minimum absolute atomic E-state index is 0.0415. The molecule has 0 unspecified atom stereocenters. The topological polar surface area (TPSA) is 84.1 Å². The second kappa shape index (κ2) is 8.25. The summed E-state index contributed by atoms with van der Waals surface area (Å²) in [4.78, 5) is 23.1. The summed E-state index contributed by atoms with van der Waals surface area (Å²) in [5.41, 5.74) is 7.67. The number of hydrogen-bond acceptors (Lipinski definition) is 5. The monoisotopic (exact) mass is 375 g/mol. The first-order chi connectivity index (χ1) is 13.7. The van der Waals surface area contributed by atoms with E-state index in [9.17, 15) is 4.79 Å². The average molecular weight is 375 g/mol. The molecule has 3 N–H and O–H groups in total. The summed E-state index contributed by atoms with van der Waals surface area (Å²) in [6.45, 7) is 2.29. The Hall–Kier alpha value is -3.15. The van der Waals surface area contributed by atoms with Crippen molar-refractivity contribution in [2.45, 2.75) is 19.3 Å². The number of carbonyl (C=O) groups is 1. The van der Waals surface area contributed by atoms with Crippen LogP contribution in [0.2, 0.25) is 0 Å². The predicted octanol–water partition coefficient (Wildman–Crippen LogP) is 2.99. The normalized spacial score (nSPS) is 14.9. The number of hydrogen-bond donors (Lipinski definition) is 2. The number of nitrogens with zero attached hydrogens (tertiary/aromatic N) is 3. The number of aromatic nitrogens is 2. The fraction of sp³-hybridized carbons (Fsp3) is 0.318. The van der Waals surface area contributed by atoms with Crippen LogP contribution in [0.3, 0.4) is 0 Å². The lowest BCUT2D eigenvalue weighted by Crippen LogP contribution is -2.39. The van der Waals surface area contributed by atoms with Gasteiger partial charge in [0.15, 0.2) is 0 Å². The van der Waals surface area contributed by atoms with Gasteiger partial charge < -0.3 is 16.0 Å². The molecule has 0 saturated carbocycles. The second-order valence-corrected chi connectivity index (χ2v) is 7.22. The Morgan fingerprint density at radius 3 is 2.50 bits per heavy atom. The Bertz CT molecular complexity index is 952. The number of para-hydroxylation sites is 1. The molecule has 1 fully saturated rings. The van der Waals surface area contributed by atoms with E-state index in [0.717, 1.165) is 55.6 Å². The molecule has 6 nitrogen and oxygen atoms in total. The second-order valence-electron chi connectivity index (χ2n) is 7.22. The van der Waals surface area contributed by atoms with Crippen molar-refractivity contribution in [2.24, 2.45) is 11.7 Å². The lowest BCUT2D eigenvalue weighted by molar-refractivity contribution is -0.122. The van der Waals surface area contributed by atoms with Crippen molar-refractivity contribution in [3.8, 4) is 0 Å². The van der Waals surface area contributed by atoms with E-state index in [1.165, 1.54) is 5.56 Å². The van der Waals surface area contributed by atoms with Gasteiger partial charge in [-0.15, -0.1) is 0 Å². The SMILES string of the molecule is NC(=O)C1CCN(c2nc(NCCc3ccccc3)c3ccccc3n2)CC1. The summed E-state index contributed by atoms with van der Waals surface area (Å²) >= 11 is 0. The molecule has 1 aliphatic heterocycles. The molecule has 6 heteroatoms. The quantitative estimate of drug-likeness (QED) is 0.692. The summed E-state index contributed by atoms with van der Waals surface area (Å²) in [5.74, 6) is 1.32. The van der Waals surface area contributed by atoms with Crippen LogP contribution in [0.25, 0.3) is 10.9 Å².